The molecule has 0 atom stereocenters. The molecular weight excluding hydrogens is 459 g/mol. The molecule has 0 bridgehead atoms. The van der Waals surface area contributed by atoms with E-state index in [4.69, 9.17) is 4.18 Å². The zero-order valence-corrected chi connectivity index (χ0v) is 17.8. The van der Waals surface area contributed by atoms with Gasteiger partial charge in [-0.2, -0.15) is 26.7 Å². The predicted octanol–water partition coefficient (Wildman–Crippen LogP) is 3.95. The number of aryl methyl sites for hydroxylation is 1. The topological polar surface area (TPSA) is 97.7 Å². The minimum absolute atomic E-state index is 0.106. The van der Waals surface area contributed by atoms with Crippen LogP contribution in [0.4, 0.5) is 13.2 Å². The average Bonchev–Trinajstić information content (AvgIpc) is 2.79. The first-order chi connectivity index (χ1) is 15.6. The molecule has 3 rings (SSSR count). The number of carbonyl (C=O) groups excluding carboxylic acids is 1. The fourth-order valence-corrected chi connectivity index (χ4v) is 3.63. The minimum Gasteiger partial charge on any atom is -0.378 e. The molecule has 7 nitrogen and oxygen atoms in total. The second-order valence-corrected chi connectivity index (χ2v) is 8.30. The summed E-state index contributed by atoms with van der Waals surface area (Å²) in [6.07, 6.45) is 0.546. The van der Waals surface area contributed by atoms with Crippen molar-refractivity contribution in [3.05, 3.63) is 89.7 Å². The molecule has 1 aromatic heterocycles. The average molecular weight is 477 g/mol. The molecule has 0 saturated heterocycles. The standard InChI is InChI=1S/C22H18F3N3O4S/c23-22(24,25)18-8-10-19(11-9-18)33(30,31)32-20-6-2-1-5-17(20)15-27-28-21(29)12-7-16-4-3-13-26-14-16/h1-6,8-11,13-15H,7,12H2,(H,28,29)/b27-15+. The number of aromatic nitrogens is 1. The van der Waals surface area contributed by atoms with Crippen LogP contribution in [-0.4, -0.2) is 25.5 Å². The number of benzene rings is 2. The Hall–Kier alpha value is -3.73. The van der Waals surface area contributed by atoms with Crippen LogP contribution in [-0.2, 0) is 27.5 Å². The van der Waals surface area contributed by atoms with Crippen LogP contribution in [0.1, 0.15) is 23.1 Å². The number of halogens is 3. The van der Waals surface area contributed by atoms with Crippen LogP contribution >= 0.6 is 0 Å². The summed E-state index contributed by atoms with van der Waals surface area (Å²) in [4.78, 5) is 15.5. The van der Waals surface area contributed by atoms with Crippen molar-refractivity contribution in [2.75, 3.05) is 0 Å². The number of nitrogens with zero attached hydrogens (tertiary/aromatic N) is 2. The van der Waals surface area contributed by atoms with Crippen LogP contribution in [0.2, 0.25) is 0 Å². The fourth-order valence-electron chi connectivity index (χ4n) is 2.67. The Morgan fingerprint density at radius 1 is 1.06 bits per heavy atom. The zero-order valence-electron chi connectivity index (χ0n) is 17.0. The van der Waals surface area contributed by atoms with Crippen LogP contribution in [0.25, 0.3) is 0 Å². The monoisotopic (exact) mass is 477 g/mol. The van der Waals surface area contributed by atoms with Gasteiger partial charge in [0.25, 0.3) is 0 Å². The lowest BCUT2D eigenvalue weighted by Crippen LogP contribution is -2.18. The number of nitrogens with one attached hydrogen (secondary N) is 1. The quantitative estimate of drug-likeness (QED) is 0.301. The van der Waals surface area contributed by atoms with Crippen molar-refractivity contribution in [1.82, 2.24) is 10.4 Å². The van der Waals surface area contributed by atoms with E-state index < -0.39 is 26.8 Å². The number of hydrogen-bond acceptors (Lipinski definition) is 6. The Kier molecular flexibility index (Phi) is 7.44. The van der Waals surface area contributed by atoms with E-state index in [1.165, 1.54) is 24.4 Å². The van der Waals surface area contributed by atoms with Crippen molar-refractivity contribution in [3.63, 3.8) is 0 Å². The Morgan fingerprint density at radius 2 is 1.79 bits per heavy atom. The number of rotatable bonds is 8. The van der Waals surface area contributed by atoms with Gasteiger partial charge in [-0.05, 0) is 54.4 Å². The van der Waals surface area contributed by atoms with Crippen molar-refractivity contribution < 1.29 is 30.6 Å². The lowest BCUT2D eigenvalue weighted by molar-refractivity contribution is -0.137. The molecule has 33 heavy (non-hydrogen) atoms. The molecule has 0 aliphatic rings. The molecule has 0 unspecified atom stereocenters. The number of para-hydroxylation sites is 1. The van der Waals surface area contributed by atoms with E-state index in [9.17, 15) is 26.4 Å². The molecule has 0 saturated carbocycles. The first-order valence-electron chi connectivity index (χ1n) is 9.57. The normalized spacial score (nSPS) is 12.0. The molecular formula is C22H18F3N3O4S. The van der Waals surface area contributed by atoms with E-state index in [2.05, 4.69) is 15.5 Å². The van der Waals surface area contributed by atoms with Gasteiger partial charge < -0.3 is 4.18 Å². The van der Waals surface area contributed by atoms with Crippen molar-refractivity contribution >= 4 is 22.2 Å². The summed E-state index contributed by atoms with van der Waals surface area (Å²) < 4.78 is 68.2. The number of alkyl halides is 3. The van der Waals surface area contributed by atoms with E-state index in [0.717, 1.165) is 17.7 Å². The van der Waals surface area contributed by atoms with Gasteiger partial charge in [0, 0.05) is 24.4 Å². The molecule has 3 aromatic rings. The van der Waals surface area contributed by atoms with E-state index in [1.54, 1.807) is 24.5 Å². The SMILES string of the molecule is O=C(CCc1cccnc1)N/N=C/c1ccccc1OS(=O)(=O)c1ccc(C(F)(F)F)cc1. The van der Waals surface area contributed by atoms with Crippen molar-refractivity contribution in [1.29, 1.82) is 0 Å². The maximum Gasteiger partial charge on any atom is 0.416 e. The number of hydrazone groups is 1. The molecule has 1 heterocycles. The Labute approximate surface area is 188 Å². The summed E-state index contributed by atoms with van der Waals surface area (Å²) in [6.45, 7) is 0. The number of carbonyl (C=O) groups is 1. The van der Waals surface area contributed by atoms with Crippen LogP contribution in [0.15, 0.2) is 83.1 Å². The van der Waals surface area contributed by atoms with E-state index in [0.29, 0.717) is 18.6 Å². The van der Waals surface area contributed by atoms with E-state index >= 15 is 0 Å². The second kappa shape index (κ2) is 10.3. The lowest BCUT2D eigenvalue weighted by atomic mass is 10.1. The molecule has 11 heteroatoms. The van der Waals surface area contributed by atoms with Crippen molar-refractivity contribution in [3.8, 4) is 5.75 Å². The summed E-state index contributed by atoms with van der Waals surface area (Å²) in [7, 11) is -4.40. The van der Waals surface area contributed by atoms with Gasteiger partial charge in [0.2, 0.25) is 5.91 Å². The summed E-state index contributed by atoms with van der Waals surface area (Å²) in [5.74, 6) is -0.461. The smallest absolute Gasteiger partial charge is 0.378 e. The highest BCUT2D eigenvalue weighted by Gasteiger charge is 2.31. The van der Waals surface area contributed by atoms with Crippen LogP contribution < -0.4 is 9.61 Å². The molecule has 1 amide bonds. The Balaban J connectivity index is 1.65. The van der Waals surface area contributed by atoms with Gasteiger partial charge >= 0.3 is 16.3 Å². The Morgan fingerprint density at radius 3 is 2.45 bits per heavy atom. The highest BCUT2D eigenvalue weighted by molar-refractivity contribution is 7.87. The van der Waals surface area contributed by atoms with Gasteiger partial charge in [-0.1, -0.05) is 18.2 Å². The van der Waals surface area contributed by atoms with Crippen LogP contribution in [0.5, 0.6) is 5.75 Å². The van der Waals surface area contributed by atoms with Crippen LogP contribution in [0.3, 0.4) is 0 Å². The summed E-state index contributed by atoms with van der Waals surface area (Å²) in [6, 6.07) is 12.5. The molecule has 0 spiro atoms. The maximum absolute atomic E-state index is 12.7. The largest absolute Gasteiger partial charge is 0.416 e. The third-order valence-electron chi connectivity index (χ3n) is 4.35. The van der Waals surface area contributed by atoms with E-state index in [-0.39, 0.29) is 23.6 Å². The molecule has 2 aromatic carbocycles. The van der Waals surface area contributed by atoms with Gasteiger partial charge in [-0.15, -0.1) is 0 Å². The molecule has 0 radical (unpaired) electrons. The van der Waals surface area contributed by atoms with Gasteiger partial charge in [-0.3, -0.25) is 9.78 Å². The molecule has 0 fully saturated rings. The van der Waals surface area contributed by atoms with E-state index in [1.807, 2.05) is 6.07 Å². The highest BCUT2D eigenvalue weighted by atomic mass is 32.2. The molecule has 0 aliphatic heterocycles. The Bertz CT molecular complexity index is 1230. The first-order valence-corrected chi connectivity index (χ1v) is 11.0. The van der Waals surface area contributed by atoms with Gasteiger partial charge in [0.05, 0.1) is 11.8 Å². The van der Waals surface area contributed by atoms with Crippen LogP contribution in [0, 0.1) is 0 Å². The number of amides is 1. The van der Waals surface area contributed by atoms with Crippen molar-refractivity contribution in [2.45, 2.75) is 23.9 Å². The predicted molar refractivity (Wildman–Crippen MR) is 114 cm³/mol. The first kappa shape index (κ1) is 23.9. The molecule has 172 valence electrons. The molecule has 0 aliphatic carbocycles. The summed E-state index contributed by atoms with van der Waals surface area (Å²) >= 11 is 0. The van der Waals surface area contributed by atoms with Gasteiger partial charge in [0.1, 0.15) is 4.90 Å². The van der Waals surface area contributed by atoms with Gasteiger partial charge in [0.15, 0.2) is 5.75 Å². The second-order valence-electron chi connectivity index (χ2n) is 6.75. The third-order valence-corrected chi connectivity index (χ3v) is 5.59. The third kappa shape index (κ3) is 6.88. The molecule has 1 N–H and O–H groups in total. The maximum atomic E-state index is 12.7. The number of hydrogen-bond donors (Lipinski definition) is 1. The zero-order chi connectivity index (χ0) is 23.9. The minimum atomic E-state index is -4.59. The highest BCUT2D eigenvalue weighted by Crippen LogP contribution is 2.30. The number of pyridine rings is 1. The fraction of sp³-hybridized carbons (Fsp3) is 0.136. The van der Waals surface area contributed by atoms with Crippen molar-refractivity contribution in [2.24, 2.45) is 5.10 Å². The summed E-state index contributed by atoms with van der Waals surface area (Å²) in [5.41, 5.74) is 2.49. The lowest BCUT2D eigenvalue weighted by Gasteiger charge is -2.11. The van der Waals surface area contributed by atoms with Gasteiger partial charge in [-0.25, -0.2) is 5.43 Å². The summed E-state index contributed by atoms with van der Waals surface area (Å²) in [5, 5.41) is 3.82.